The quantitative estimate of drug-likeness (QED) is 0.593. The van der Waals surface area contributed by atoms with E-state index in [1.165, 1.54) is 12.0 Å². The molecule has 0 saturated carbocycles. The fraction of sp³-hybridized carbons (Fsp3) is 0.500. The van der Waals surface area contributed by atoms with Crippen LogP contribution in [0.2, 0.25) is 0 Å². The number of hydrogen-bond donors (Lipinski definition) is 1. The molecule has 0 aliphatic carbocycles. The van der Waals surface area contributed by atoms with Crippen molar-refractivity contribution in [3.63, 3.8) is 0 Å². The van der Waals surface area contributed by atoms with E-state index < -0.39 is 0 Å². The molecule has 1 heterocycles. The van der Waals surface area contributed by atoms with E-state index in [1.807, 2.05) is 17.0 Å². The summed E-state index contributed by atoms with van der Waals surface area (Å²) in [5.74, 6) is 1.17. The van der Waals surface area contributed by atoms with Crippen molar-refractivity contribution in [2.45, 2.75) is 32.2 Å². The second kappa shape index (κ2) is 9.26. The fourth-order valence-corrected chi connectivity index (χ4v) is 2.58. The first kappa shape index (κ1) is 16.6. The van der Waals surface area contributed by atoms with E-state index in [0.29, 0.717) is 18.9 Å². The number of rotatable bonds is 8. The maximum atomic E-state index is 11.9. The van der Waals surface area contributed by atoms with E-state index in [2.05, 4.69) is 24.0 Å². The summed E-state index contributed by atoms with van der Waals surface area (Å²) in [6.07, 6.45) is 5.81. The number of ether oxygens (including phenoxy) is 1. The Morgan fingerprint density at radius 1 is 1.23 bits per heavy atom. The Labute approximate surface area is 133 Å². The molecule has 1 saturated heterocycles. The molecule has 4 heteroatoms. The van der Waals surface area contributed by atoms with Gasteiger partial charge in [-0.05, 0) is 30.5 Å². The van der Waals surface area contributed by atoms with Crippen LogP contribution < -0.4 is 10.1 Å². The van der Waals surface area contributed by atoms with E-state index in [0.717, 1.165) is 44.8 Å². The van der Waals surface area contributed by atoms with Gasteiger partial charge < -0.3 is 15.0 Å². The van der Waals surface area contributed by atoms with Crippen molar-refractivity contribution in [1.29, 1.82) is 0 Å². The number of nitrogens with zero attached hydrogens (tertiary/aromatic N) is 1. The van der Waals surface area contributed by atoms with Gasteiger partial charge in [-0.15, -0.1) is 0 Å². The van der Waals surface area contributed by atoms with Crippen LogP contribution >= 0.6 is 0 Å². The molecular weight excluding hydrogens is 276 g/mol. The maximum Gasteiger partial charge on any atom is 0.222 e. The highest BCUT2D eigenvalue weighted by Crippen LogP contribution is 2.12. The van der Waals surface area contributed by atoms with Gasteiger partial charge in [0, 0.05) is 32.6 Å². The topological polar surface area (TPSA) is 41.6 Å². The van der Waals surface area contributed by atoms with Crippen molar-refractivity contribution in [2.24, 2.45) is 0 Å². The Morgan fingerprint density at radius 3 is 2.82 bits per heavy atom. The summed E-state index contributed by atoms with van der Waals surface area (Å²) >= 11 is 0. The Morgan fingerprint density at radius 2 is 2.05 bits per heavy atom. The van der Waals surface area contributed by atoms with E-state index in [9.17, 15) is 4.79 Å². The lowest BCUT2D eigenvalue weighted by molar-refractivity contribution is -0.130. The van der Waals surface area contributed by atoms with Crippen molar-refractivity contribution in [3.05, 3.63) is 42.5 Å². The van der Waals surface area contributed by atoms with Crippen LogP contribution in [0.1, 0.15) is 31.2 Å². The van der Waals surface area contributed by atoms with Gasteiger partial charge in [-0.2, -0.15) is 0 Å². The number of hydrogen-bond acceptors (Lipinski definition) is 3. The van der Waals surface area contributed by atoms with Gasteiger partial charge in [-0.3, -0.25) is 4.79 Å². The molecule has 2 rings (SSSR count). The SMILES string of the molecule is C=CCOc1ccc(CNCCN2CCCCCC2=O)cc1. The normalized spacial score (nSPS) is 15.5. The van der Waals surface area contributed by atoms with Gasteiger partial charge in [0.25, 0.3) is 0 Å². The van der Waals surface area contributed by atoms with Crippen LogP contribution in [-0.2, 0) is 11.3 Å². The molecule has 0 atom stereocenters. The average Bonchev–Trinajstić information content (AvgIpc) is 2.75. The largest absolute Gasteiger partial charge is 0.490 e. The molecule has 4 nitrogen and oxygen atoms in total. The standard InChI is InChI=1S/C18H26N2O2/c1-2-14-22-17-9-7-16(8-10-17)15-19-11-13-20-12-5-3-4-6-18(20)21/h2,7-10,19H,1,3-6,11-15H2. The molecule has 1 aromatic rings. The summed E-state index contributed by atoms with van der Waals surface area (Å²) in [7, 11) is 0. The van der Waals surface area contributed by atoms with Crippen LogP contribution in [0, 0.1) is 0 Å². The van der Waals surface area contributed by atoms with Crippen molar-refractivity contribution < 1.29 is 9.53 Å². The first-order valence-corrected chi connectivity index (χ1v) is 8.11. The minimum Gasteiger partial charge on any atom is -0.490 e. The lowest BCUT2D eigenvalue weighted by atomic mass is 10.2. The van der Waals surface area contributed by atoms with Crippen molar-refractivity contribution in [2.75, 3.05) is 26.2 Å². The third-order valence-corrected chi connectivity index (χ3v) is 3.85. The highest BCUT2D eigenvalue weighted by atomic mass is 16.5. The van der Waals surface area contributed by atoms with Gasteiger partial charge in [0.1, 0.15) is 12.4 Å². The van der Waals surface area contributed by atoms with E-state index in [4.69, 9.17) is 4.74 Å². The molecule has 0 unspecified atom stereocenters. The number of amides is 1. The number of carbonyl (C=O) groups excluding carboxylic acids is 1. The first-order chi connectivity index (χ1) is 10.8. The van der Waals surface area contributed by atoms with Gasteiger partial charge in [-0.1, -0.05) is 31.2 Å². The predicted octanol–water partition coefficient (Wildman–Crippen LogP) is 2.74. The molecular formula is C18H26N2O2. The molecule has 0 spiro atoms. The predicted molar refractivity (Wildman–Crippen MR) is 88.9 cm³/mol. The summed E-state index contributed by atoms with van der Waals surface area (Å²) < 4.78 is 5.46. The third-order valence-electron chi connectivity index (χ3n) is 3.85. The molecule has 1 fully saturated rings. The van der Waals surface area contributed by atoms with Crippen molar-refractivity contribution >= 4 is 5.91 Å². The Hall–Kier alpha value is -1.81. The van der Waals surface area contributed by atoms with Crippen molar-refractivity contribution in [3.8, 4) is 5.75 Å². The van der Waals surface area contributed by atoms with Crippen LogP contribution in [0.15, 0.2) is 36.9 Å². The molecule has 1 amide bonds. The molecule has 0 radical (unpaired) electrons. The maximum absolute atomic E-state index is 11.9. The number of benzene rings is 1. The van der Waals surface area contributed by atoms with Gasteiger partial charge in [0.05, 0.1) is 0 Å². The zero-order valence-corrected chi connectivity index (χ0v) is 13.2. The lowest BCUT2D eigenvalue weighted by Gasteiger charge is -2.20. The minimum absolute atomic E-state index is 0.308. The van der Waals surface area contributed by atoms with Crippen LogP contribution in [0.4, 0.5) is 0 Å². The smallest absolute Gasteiger partial charge is 0.222 e. The lowest BCUT2D eigenvalue weighted by Crippen LogP contribution is -2.36. The Balaban J connectivity index is 1.67. The van der Waals surface area contributed by atoms with Gasteiger partial charge in [0.15, 0.2) is 0 Å². The summed E-state index contributed by atoms with van der Waals surface area (Å²) in [6.45, 7) is 7.52. The second-order valence-electron chi connectivity index (χ2n) is 5.61. The van der Waals surface area contributed by atoms with Crippen LogP contribution in [0.25, 0.3) is 0 Å². The molecule has 1 aliphatic heterocycles. The zero-order chi connectivity index (χ0) is 15.6. The molecule has 120 valence electrons. The monoisotopic (exact) mass is 302 g/mol. The molecule has 0 bridgehead atoms. The zero-order valence-electron chi connectivity index (χ0n) is 13.2. The third kappa shape index (κ3) is 5.53. The summed E-state index contributed by atoms with van der Waals surface area (Å²) in [5.41, 5.74) is 1.22. The van der Waals surface area contributed by atoms with E-state index in [-0.39, 0.29) is 0 Å². The summed E-state index contributed by atoms with van der Waals surface area (Å²) in [5, 5.41) is 3.40. The highest BCUT2D eigenvalue weighted by molar-refractivity contribution is 5.76. The Bertz CT molecular complexity index is 470. The fourth-order valence-electron chi connectivity index (χ4n) is 2.58. The van der Waals surface area contributed by atoms with Gasteiger partial charge in [0.2, 0.25) is 5.91 Å². The second-order valence-corrected chi connectivity index (χ2v) is 5.61. The van der Waals surface area contributed by atoms with Crippen molar-refractivity contribution in [1.82, 2.24) is 10.2 Å². The first-order valence-electron chi connectivity index (χ1n) is 8.11. The van der Waals surface area contributed by atoms with E-state index >= 15 is 0 Å². The molecule has 1 aromatic carbocycles. The molecule has 1 N–H and O–H groups in total. The average molecular weight is 302 g/mol. The van der Waals surface area contributed by atoms with Gasteiger partial charge >= 0.3 is 0 Å². The summed E-state index contributed by atoms with van der Waals surface area (Å²) in [6, 6.07) is 8.06. The number of carbonyl (C=O) groups is 1. The van der Waals surface area contributed by atoms with Crippen LogP contribution in [-0.4, -0.2) is 37.0 Å². The minimum atomic E-state index is 0.308. The highest BCUT2D eigenvalue weighted by Gasteiger charge is 2.15. The summed E-state index contributed by atoms with van der Waals surface area (Å²) in [4.78, 5) is 13.9. The van der Waals surface area contributed by atoms with Crippen LogP contribution in [0.3, 0.4) is 0 Å². The van der Waals surface area contributed by atoms with E-state index in [1.54, 1.807) is 6.08 Å². The number of likely N-dealkylation sites (tertiary alicyclic amines) is 1. The molecule has 1 aliphatic rings. The molecule has 22 heavy (non-hydrogen) atoms. The van der Waals surface area contributed by atoms with Crippen LogP contribution in [0.5, 0.6) is 5.75 Å². The number of nitrogens with one attached hydrogen (secondary N) is 1. The molecule has 0 aromatic heterocycles. The Kier molecular flexibility index (Phi) is 6.97. The van der Waals surface area contributed by atoms with Gasteiger partial charge in [-0.25, -0.2) is 0 Å².